The third-order valence-electron chi connectivity index (χ3n) is 4.16. The number of rotatable bonds is 2. The Morgan fingerprint density at radius 1 is 1.16 bits per heavy atom. The van der Waals surface area contributed by atoms with Gasteiger partial charge in [-0.2, -0.15) is 5.26 Å². The molecular formula is C18H17N. The lowest BCUT2D eigenvalue weighted by Gasteiger charge is -2.22. The summed E-state index contributed by atoms with van der Waals surface area (Å²) in [5.74, 6) is 0. The van der Waals surface area contributed by atoms with Crippen molar-refractivity contribution in [3.63, 3.8) is 0 Å². The lowest BCUT2D eigenvalue weighted by Crippen LogP contribution is -2.23. The van der Waals surface area contributed by atoms with Crippen LogP contribution in [0.1, 0.15) is 28.7 Å². The van der Waals surface area contributed by atoms with Gasteiger partial charge in [0.05, 0.1) is 11.5 Å². The smallest absolute Gasteiger partial charge is 0.0868 e. The molecular weight excluding hydrogens is 230 g/mol. The van der Waals surface area contributed by atoms with Crippen molar-refractivity contribution >= 4 is 0 Å². The van der Waals surface area contributed by atoms with E-state index in [9.17, 15) is 5.26 Å². The molecule has 0 bridgehead atoms. The van der Waals surface area contributed by atoms with Gasteiger partial charge in [-0.25, -0.2) is 0 Å². The van der Waals surface area contributed by atoms with Gasteiger partial charge in [-0.3, -0.25) is 0 Å². The highest BCUT2D eigenvalue weighted by atomic mass is 14.4. The lowest BCUT2D eigenvalue weighted by atomic mass is 9.78. The Morgan fingerprint density at radius 3 is 2.79 bits per heavy atom. The summed E-state index contributed by atoms with van der Waals surface area (Å²) >= 11 is 0. The molecule has 1 nitrogen and oxygen atoms in total. The van der Waals surface area contributed by atoms with Crippen LogP contribution >= 0.6 is 0 Å². The van der Waals surface area contributed by atoms with Gasteiger partial charge in [0, 0.05) is 0 Å². The molecule has 1 unspecified atom stereocenters. The topological polar surface area (TPSA) is 23.8 Å². The van der Waals surface area contributed by atoms with Crippen molar-refractivity contribution in [2.45, 2.75) is 31.6 Å². The molecule has 0 aliphatic heterocycles. The van der Waals surface area contributed by atoms with Crippen molar-refractivity contribution in [2.24, 2.45) is 0 Å². The fourth-order valence-electron chi connectivity index (χ4n) is 3.20. The molecule has 1 aliphatic carbocycles. The quantitative estimate of drug-likeness (QED) is 0.788. The number of aryl methyl sites for hydroxylation is 2. The largest absolute Gasteiger partial charge is 0.197 e. The predicted octanol–water partition coefficient (Wildman–Crippen LogP) is 3.95. The van der Waals surface area contributed by atoms with Gasteiger partial charge in [0.15, 0.2) is 0 Å². The van der Waals surface area contributed by atoms with Gasteiger partial charge in [-0.15, -0.1) is 0 Å². The minimum atomic E-state index is -0.329. The average molecular weight is 247 g/mol. The van der Waals surface area contributed by atoms with E-state index >= 15 is 0 Å². The molecule has 0 aromatic heterocycles. The molecule has 0 spiro atoms. The van der Waals surface area contributed by atoms with Crippen molar-refractivity contribution in [3.8, 4) is 6.07 Å². The molecule has 1 aliphatic rings. The fourth-order valence-corrected chi connectivity index (χ4v) is 3.20. The number of nitriles is 1. The normalized spacial score (nSPS) is 20.8. The van der Waals surface area contributed by atoms with Crippen LogP contribution in [0.5, 0.6) is 0 Å². The van der Waals surface area contributed by atoms with Gasteiger partial charge in [0.2, 0.25) is 0 Å². The number of hydrogen-bond donors (Lipinski definition) is 0. The van der Waals surface area contributed by atoms with Gasteiger partial charge in [0.25, 0.3) is 0 Å². The summed E-state index contributed by atoms with van der Waals surface area (Å²) in [6.45, 7) is 2.10. The first-order valence-corrected chi connectivity index (χ1v) is 6.79. The van der Waals surface area contributed by atoms with E-state index in [1.165, 1.54) is 22.3 Å². The van der Waals surface area contributed by atoms with E-state index in [0.717, 1.165) is 19.3 Å². The zero-order valence-corrected chi connectivity index (χ0v) is 11.2. The Morgan fingerprint density at radius 2 is 2.00 bits per heavy atom. The predicted molar refractivity (Wildman–Crippen MR) is 76.9 cm³/mol. The molecule has 0 amide bonds. The molecule has 0 saturated carbocycles. The van der Waals surface area contributed by atoms with E-state index in [0.29, 0.717) is 0 Å². The molecule has 0 heterocycles. The summed E-state index contributed by atoms with van der Waals surface area (Å²) < 4.78 is 0. The van der Waals surface area contributed by atoms with Gasteiger partial charge in [-0.1, -0.05) is 54.1 Å². The van der Waals surface area contributed by atoms with Crippen molar-refractivity contribution in [1.29, 1.82) is 5.26 Å². The maximum absolute atomic E-state index is 9.74. The zero-order valence-electron chi connectivity index (χ0n) is 11.2. The van der Waals surface area contributed by atoms with Gasteiger partial charge >= 0.3 is 0 Å². The van der Waals surface area contributed by atoms with Crippen molar-refractivity contribution in [3.05, 3.63) is 70.8 Å². The van der Waals surface area contributed by atoms with E-state index in [2.05, 4.69) is 55.5 Å². The highest BCUT2D eigenvalue weighted by Crippen LogP contribution is 2.41. The maximum Gasteiger partial charge on any atom is 0.0868 e. The van der Waals surface area contributed by atoms with Crippen LogP contribution < -0.4 is 0 Å². The van der Waals surface area contributed by atoms with E-state index in [1.807, 2.05) is 6.07 Å². The average Bonchev–Trinajstić information content (AvgIpc) is 2.79. The first-order chi connectivity index (χ1) is 9.23. The Kier molecular flexibility index (Phi) is 2.87. The van der Waals surface area contributed by atoms with Crippen LogP contribution in [0.25, 0.3) is 0 Å². The van der Waals surface area contributed by atoms with Crippen LogP contribution in [0.15, 0.2) is 48.5 Å². The second kappa shape index (κ2) is 4.55. The Bertz CT molecular complexity index is 651. The monoisotopic (exact) mass is 247 g/mol. The molecule has 1 heteroatoms. The van der Waals surface area contributed by atoms with Crippen molar-refractivity contribution < 1.29 is 0 Å². The fraction of sp³-hybridized carbons (Fsp3) is 0.278. The van der Waals surface area contributed by atoms with Crippen molar-refractivity contribution in [1.82, 2.24) is 0 Å². The third-order valence-corrected chi connectivity index (χ3v) is 4.16. The number of hydrogen-bond acceptors (Lipinski definition) is 1. The number of benzene rings is 2. The van der Waals surface area contributed by atoms with Crippen LogP contribution in [0.2, 0.25) is 0 Å². The standard InChI is InChI=1S/C18H17N/c1-14-5-4-6-15(11-14)12-18(13-19)10-9-16-7-2-3-8-17(16)18/h2-8,11H,9-10,12H2,1H3. The number of nitrogens with zero attached hydrogens (tertiary/aromatic N) is 1. The zero-order chi connectivity index (χ0) is 13.3. The third kappa shape index (κ3) is 2.04. The molecule has 3 rings (SSSR count). The molecule has 0 saturated heterocycles. The Labute approximate surface area is 114 Å². The second-order valence-corrected chi connectivity index (χ2v) is 5.52. The molecule has 94 valence electrons. The first kappa shape index (κ1) is 12.0. The van der Waals surface area contributed by atoms with E-state index in [-0.39, 0.29) is 5.41 Å². The summed E-state index contributed by atoms with van der Waals surface area (Å²) in [7, 11) is 0. The van der Waals surface area contributed by atoms with Crippen LogP contribution in [0.4, 0.5) is 0 Å². The molecule has 2 aromatic carbocycles. The van der Waals surface area contributed by atoms with Crippen LogP contribution in [0, 0.1) is 18.3 Å². The van der Waals surface area contributed by atoms with Crippen LogP contribution in [-0.4, -0.2) is 0 Å². The van der Waals surface area contributed by atoms with Crippen molar-refractivity contribution in [2.75, 3.05) is 0 Å². The van der Waals surface area contributed by atoms with Gasteiger partial charge < -0.3 is 0 Å². The number of fused-ring (bicyclic) bond motifs is 1. The van der Waals surface area contributed by atoms with Gasteiger partial charge in [0.1, 0.15) is 0 Å². The van der Waals surface area contributed by atoms with Crippen LogP contribution in [0.3, 0.4) is 0 Å². The summed E-state index contributed by atoms with van der Waals surface area (Å²) in [4.78, 5) is 0. The Balaban J connectivity index is 2.01. The summed E-state index contributed by atoms with van der Waals surface area (Å²) in [5, 5.41) is 9.74. The second-order valence-electron chi connectivity index (χ2n) is 5.52. The molecule has 0 fully saturated rings. The molecule has 2 aromatic rings. The summed E-state index contributed by atoms with van der Waals surface area (Å²) in [6.07, 6.45) is 2.79. The minimum Gasteiger partial charge on any atom is -0.197 e. The van der Waals surface area contributed by atoms with E-state index < -0.39 is 0 Å². The maximum atomic E-state index is 9.74. The SMILES string of the molecule is Cc1cccc(CC2(C#N)CCc3ccccc32)c1. The molecule has 0 N–H and O–H groups in total. The Hall–Kier alpha value is -2.07. The highest BCUT2D eigenvalue weighted by molar-refractivity contribution is 5.46. The summed E-state index contributed by atoms with van der Waals surface area (Å²) in [5.41, 5.74) is 4.77. The van der Waals surface area contributed by atoms with Gasteiger partial charge in [-0.05, 0) is 42.9 Å². The van der Waals surface area contributed by atoms with E-state index in [4.69, 9.17) is 0 Å². The summed E-state index contributed by atoms with van der Waals surface area (Å²) in [6, 6.07) is 19.5. The highest BCUT2D eigenvalue weighted by Gasteiger charge is 2.38. The molecule has 1 atom stereocenters. The van der Waals surface area contributed by atoms with Crippen LogP contribution in [-0.2, 0) is 18.3 Å². The lowest BCUT2D eigenvalue weighted by molar-refractivity contribution is 0.541. The first-order valence-electron chi connectivity index (χ1n) is 6.79. The molecule has 0 radical (unpaired) electrons. The minimum absolute atomic E-state index is 0.329. The van der Waals surface area contributed by atoms with E-state index in [1.54, 1.807) is 0 Å². The molecule has 19 heavy (non-hydrogen) atoms.